The quantitative estimate of drug-likeness (QED) is 0.776. The summed E-state index contributed by atoms with van der Waals surface area (Å²) in [4.78, 5) is 17.4. The van der Waals surface area contributed by atoms with Crippen molar-refractivity contribution in [3.63, 3.8) is 0 Å². The Kier molecular flexibility index (Phi) is 8.95. The minimum Gasteiger partial charge on any atom is -0.379 e. The third kappa shape index (κ3) is 5.71. The molecule has 4 aliphatic heterocycles. The second-order valence-electron chi connectivity index (χ2n) is 8.42. The number of amides is 1. The van der Waals surface area contributed by atoms with Crippen LogP contribution >= 0.6 is 24.8 Å². The van der Waals surface area contributed by atoms with Gasteiger partial charge in [-0.05, 0) is 50.4 Å². The van der Waals surface area contributed by atoms with Gasteiger partial charge >= 0.3 is 0 Å². The summed E-state index contributed by atoms with van der Waals surface area (Å²) in [5.41, 5.74) is 0. The molecule has 0 spiro atoms. The number of nitrogens with one attached hydrogen (secondary N) is 1. The molecular formula is C19H35Cl2N3O2. The van der Waals surface area contributed by atoms with Crippen LogP contribution < -0.4 is 5.32 Å². The summed E-state index contributed by atoms with van der Waals surface area (Å²) in [6.07, 6.45) is 8.24. The Bertz CT molecular complexity index is 429. The number of hydrogen-bond acceptors (Lipinski definition) is 4. The number of hydrogen-bond donors (Lipinski definition) is 1. The Morgan fingerprint density at radius 2 is 1.50 bits per heavy atom. The zero-order valence-corrected chi connectivity index (χ0v) is 17.4. The first kappa shape index (κ1) is 22.2. The molecule has 26 heavy (non-hydrogen) atoms. The van der Waals surface area contributed by atoms with Crippen LogP contribution in [0.25, 0.3) is 0 Å². The number of piperidine rings is 2. The van der Waals surface area contributed by atoms with Crippen molar-refractivity contribution in [1.82, 2.24) is 15.1 Å². The zero-order chi connectivity index (χ0) is 16.4. The summed E-state index contributed by atoms with van der Waals surface area (Å²) < 4.78 is 5.43. The molecule has 2 atom stereocenters. The smallest absolute Gasteiger partial charge is 0.222 e. The van der Waals surface area contributed by atoms with Crippen LogP contribution in [0.15, 0.2) is 0 Å². The molecule has 0 aromatic heterocycles. The van der Waals surface area contributed by atoms with E-state index in [0.29, 0.717) is 23.9 Å². The third-order valence-electron chi connectivity index (χ3n) is 6.62. The summed E-state index contributed by atoms with van der Waals surface area (Å²) >= 11 is 0. The Hall–Kier alpha value is -0.0700. The molecule has 2 unspecified atom stereocenters. The highest BCUT2D eigenvalue weighted by Crippen LogP contribution is 2.33. The van der Waals surface area contributed by atoms with Gasteiger partial charge in [0.2, 0.25) is 5.91 Å². The van der Waals surface area contributed by atoms with E-state index < -0.39 is 0 Å². The number of fused-ring (bicyclic) bond motifs is 2. The number of carbonyl (C=O) groups is 1. The molecule has 0 aliphatic carbocycles. The van der Waals surface area contributed by atoms with Gasteiger partial charge in [-0.15, -0.1) is 24.8 Å². The van der Waals surface area contributed by atoms with Crippen molar-refractivity contribution in [2.75, 3.05) is 45.9 Å². The molecule has 4 aliphatic rings. The maximum absolute atomic E-state index is 12.7. The highest BCUT2D eigenvalue weighted by Gasteiger charge is 2.35. The second-order valence-corrected chi connectivity index (χ2v) is 8.42. The number of likely N-dealkylation sites (tertiary alicyclic amines) is 1. The van der Waals surface area contributed by atoms with E-state index in [1.807, 2.05) is 0 Å². The molecule has 152 valence electrons. The van der Waals surface area contributed by atoms with Gasteiger partial charge in [0.05, 0.1) is 13.2 Å². The van der Waals surface area contributed by atoms with Crippen molar-refractivity contribution in [2.45, 2.75) is 57.0 Å². The lowest BCUT2D eigenvalue weighted by atomic mass is 9.88. The number of morpholine rings is 1. The molecule has 5 nitrogen and oxygen atoms in total. The standard InChI is InChI=1S/C19H33N3O2.2ClH/c23-19(13-16-11-17-1-2-18(12-16)20-17)22-5-3-15(4-6-22)14-21-7-9-24-10-8-21;;/h15-18,20H,1-14H2;2*1H. The molecule has 0 aromatic carbocycles. The molecule has 4 rings (SSSR count). The van der Waals surface area contributed by atoms with Gasteiger partial charge in [-0.2, -0.15) is 0 Å². The van der Waals surface area contributed by atoms with Crippen LogP contribution in [-0.2, 0) is 9.53 Å². The van der Waals surface area contributed by atoms with Crippen molar-refractivity contribution in [2.24, 2.45) is 11.8 Å². The fraction of sp³-hybridized carbons (Fsp3) is 0.947. The molecule has 4 saturated heterocycles. The zero-order valence-electron chi connectivity index (χ0n) is 15.7. The fourth-order valence-corrected chi connectivity index (χ4v) is 5.23. The van der Waals surface area contributed by atoms with Crippen LogP contribution in [0.4, 0.5) is 0 Å². The van der Waals surface area contributed by atoms with Gasteiger partial charge in [-0.3, -0.25) is 9.69 Å². The lowest BCUT2D eigenvalue weighted by Gasteiger charge is -2.37. The Morgan fingerprint density at radius 3 is 2.12 bits per heavy atom. The molecule has 2 bridgehead atoms. The van der Waals surface area contributed by atoms with Gasteiger partial charge in [0, 0.05) is 51.2 Å². The molecule has 0 aromatic rings. The van der Waals surface area contributed by atoms with Crippen LogP contribution in [0.3, 0.4) is 0 Å². The van der Waals surface area contributed by atoms with E-state index in [1.54, 1.807) is 0 Å². The van der Waals surface area contributed by atoms with Crippen molar-refractivity contribution < 1.29 is 9.53 Å². The summed E-state index contributed by atoms with van der Waals surface area (Å²) in [5.74, 6) is 1.82. The highest BCUT2D eigenvalue weighted by molar-refractivity contribution is 5.85. The molecule has 4 heterocycles. The Labute approximate surface area is 170 Å². The Morgan fingerprint density at radius 1 is 0.885 bits per heavy atom. The maximum Gasteiger partial charge on any atom is 0.222 e. The number of carbonyl (C=O) groups excluding carboxylic acids is 1. The third-order valence-corrected chi connectivity index (χ3v) is 6.62. The van der Waals surface area contributed by atoms with Crippen LogP contribution in [-0.4, -0.2) is 73.7 Å². The van der Waals surface area contributed by atoms with Gasteiger partial charge in [0.1, 0.15) is 0 Å². The van der Waals surface area contributed by atoms with E-state index in [2.05, 4.69) is 15.1 Å². The molecule has 1 amide bonds. The summed E-state index contributed by atoms with van der Waals surface area (Å²) in [6.45, 7) is 7.08. The molecule has 4 fully saturated rings. The van der Waals surface area contributed by atoms with Crippen LogP contribution in [0.2, 0.25) is 0 Å². The minimum absolute atomic E-state index is 0. The predicted octanol–water partition coefficient (Wildman–Crippen LogP) is 2.32. The van der Waals surface area contributed by atoms with E-state index in [1.165, 1.54) is 45.1 Å². The van der Waals surface area contributed by atoms with Crippen LogP contribution in [0.5, 0.6) is 0 Å². The number of halogens is 2. The average molecular weight is 408 g/mol. The lowest BCUT2D eigenvalue weighted by molar-refractivity contribution is -0.134. The van der Waals surface area contributed by atoms with Crippen LogP contribution in [0, 0.1) is 11.8 Å². The molecule has 7 heteroatoms. The van der Waals surface area contributed by atoms with Gasteiger partial charge < -0.3 is 15.0 Å². The minimum atomic E-state index is 0. The van der Waals surface area contributed by atoms with E-state index in [9.17, 15) is 4.79 Å². The van der Waals surface area contributed by atoms with E-state index >= 15 is 0 Å². The van der Waals surface area contributed by atoms with Crippen molar-refractivity contribution in [1.29, 1.82) is 0 Å². The first-order valence-corrected chi connectivity index (χ1v) is 10.1. The SMILES string of the molecule is Cl.Cl.O=C(CC1CC2CCC(C1)N2)N1CCC(CN2CCOCC2)CC1. The van der Waals surface area contributed by atoms with Crippen molar-refractivity contribution >= 4 is 30.7 Å². The predicted molar refractivity (Wildman–Crippen MR) is 108 cm³/mol. The average Bonchev–Trinajstić information content (AvgIpc) is 2.95. The Balaban J connectivity index is 0.00000121. The van der Waals surface area contributed by atoms with Crippen molar-refractivity contribution in [3.8, 4) is 0 Å². The van der Waals surface area contributed by atoms with Gasteiger partial charge in [-0.1, -0.05) is 0 Å². The number of nitrogens with zero attached hydrogens (tertiary/aromatic N) is 2. The summed E-state index contributed by atoms with van der Waals surface area (Å²) in [5, 5.41) is 3.68. The maximum atomic E-state index is 12.7. The fourth-order valence-electron chi connectivity index (χ4n) is 5.23. The number of rotatable bonds is 4. The van der Waals surface area contributed by atoms with Gasteiger partial charge in [0.15, 0.2) is 0 Å². The summed E-state index contributed by atoms with van der Waals surface area (Å²) in [7, 11) is 0. The first-order valence-electron chi connectivity index (χ1n) is 10.1. The number of ether oxygens (including phenoxy) is 1. The van der Waals surface area contributed by atoms with Crippen LogP contribution in [0.1, 0.15) is 44.9 Å². The van der Waals surface area contributed by atoms with E-state index in [0.717, 1.165) is 51.7 Å². The topological polar surface area (TPSA) is 44.8 Å². The normalized spacial score (nSPS) is 32.6. The first-order chi connectivity index (χ1) is 11.8. The monoisotopic (exact) mass is 407 g/mol. The summed E-state index contributed by atoms with van der Waals surface area (Å²) in [6, 6.07) is 1.39. The van der Waals surface area contributed by atoms with E-state index in [4.69, 9.17) is 4.74 Å². The lowest BCUT2D eigenvalue weighted by Crippen LogP contribution is -2.45. The van der Waals surface area contributed by atoms with E-state index in [-0.39, 0.29) is 24.8 Å². The second kappa shape index (κ2) is 10.5. The molecule has 0 saturated carbocycles. The van der Waals surface area contributed by atoms with Gasteiger partial charge in [-0.25, -0.2) is 0 Å². The highest BCUT2D eigenvalue weighted by atomic mass is 35.5. The van der Waals surface area contributed by atoms with Crippen molar-refractivity contribution in [3.05, 3.63) is 0 Å². The molecule has 0 radical (unpaired) electrons. The molecular weight excluding hydrogens is 373 g/mol. The molecule has 1 N–H and O–H groups in total. The largest absolute Gasteiger partial charge is 0.379 e. The van der Waals surface area contributed by atoms with Gasteiger partial charge in [0.25, 0.3) is 0 Å².